The van der Waals surface area contributed by atoms with Gasteiger partial charge in [0.2, 0.25) is 0 Å². The van der Waals surface area contributed by atoms with E-state index in [1.54, 1.807) is 13.0 Å². The minimum Gasteiger partial charge on any atom is -0.494 e. The Kier molecular flexibility index (Phi) is 5.64. The number of halogens is 1. The Morgan fingerprint density at radius 3 is 2.63 bits per heavy atom. The Morgan fingerprint density at radius 2 is 1.96 bits per heavy atom. The second-order valence-electron chi connectivity index (χ2n) is 6.00. The molecule has 0 fully saturated rings. The predicted octanol–water partition coefficient (Wildman–Crippen LogP) is 4.95. The molecule has 0 saturated carbocycles. The van der Waals surface area contributed by atoms with Gasteiger partial charge in [-0.25, -0.2) is 9.18 Å². The molecule has 1 aromatic heterocycles. The lowest BCUT2D eigenvalue weighted by atomic mass is 10.0. The van der Waals surface area contributed by atoms with E-state index in [9.17, 15) is 9.18 Å². The highest BCUT2D eigenvalue weighted by Crippen LogP contribution is 2.36. The van der Waals surface area contributed by atoms with Gasteiger partial charge in [-0.2, -0.15) is 0 Å². The van der Waals surface area contributed by atoms with Crippen molar-refractivity contribution in [2.24, 2.45) is 0 Å². The Hall–Kier alpha value is -3.02. The van der Waals surface area contributed by atoms with Gasteiger partial charge in [0.1, 0.15) is 11.4 Å². The van der Waals surface area contributed by atoms with Gasteiger partial charge in [0, 0.05) is 16.5 Å². The van der Waals surface area contributed by atoms with Gasteiger partial charge in [-0.1, -0.05) is 13.0 Å². The monoisotopic (exact) mass is 371 g/mol. The molecule has 6 heteroatoms. The van der Waals surface area contributed by atoms with Crippen molar-refractivity contribution in [3.8, 4) is 22.6 Å². The maximum absolute atomic E-state index is 14.3. The number of ether oxygens (including phenoxy) is 3. The molecule has 0 unspecified atom stereocenters. The molecular formula is C21H22FNO4. The second-order valence-corrected chi connectivity index (χ2v) is 6.00. The minimum atomic E-state index is -0.502. The number of hydrogen-bond acceptors (Lipinski definition) is 4. The molecule has 0 aliphatic rings. The number of fused-ring (bicyclic) bond motifs is 1. The lowest BCUT2D eigenvalue weighted by Gasteiger charge is -2.08. The summed E-state index contributed by atoms with van der Waals surface area (Å²) in [6.45, 7) is 4.60. The zero-order valence-corrected chi connectivity index (χ0v) is 15.6. The van der Waals surface area contributed by atoms with Gasteiger partial charge in [-0.3, -0.25) is 0 Å². The summed E-state index contributed by atoms with van der Waals surface area (Å²) in [5, 5.41) is 0.760. The van der Waals surface area contributed by atoms with E-state index in [0.29, 0.717) is 23.5 Å². The Labute approximate surface area is 157 Å². The van der Waals surface area contributed by atoms with E-state index in [0.717, 1.165) is 17.3 Å². The first-order valence-electron chi connectivity index (χ1n) is 8.88. The van der Waals surface area contributed by atoms with Gasteiger partial charge in [0.05, 0.1) is 20.3 Å². The topological polar surface area (TPSA) is 60.6 Å². The van der Waals surface area contributed by atoms with Gasteiger partial charge >= 0.3 is 5.97 Å². The van der Waals surface area contributed by atoms with Crippen molar-refractivity contribution in [2.45, 2.75) is 20.3 Å². The van der Waals surface area contributed by atoms with E-state index in [2.05, 4.69) is 4.98 Å². The predicted molar refractivity (Wildman–Crippen MR) is 102 cm³/mol. The fraction of sp³-hybridized carbons (Fsp3) is 0.286. The lowest BCUT2D eigenvalue weighted by molar-refractivity contribution is 0.0521. The fourth-order valence-corrected chi connectivity index (χ4v) is 2.96. The van der Waals surface area contributed by atoms with Crippen molar-refractivity contribution in [1.29, 1.82) is 0 Å². The van der Waals surface area contributed by atoms with E-state index >= 15 is 0 Å². The van der Waals surface area contributed by atoms with Crippen molar-refractivity contribution >= 4 is 16.9 Å². The van der Waals surface area contributed by atoms with Crippen LogP contribution in [0.1, 0.15) is 30.8 Å². The standard InChI is InChI=1S/C21H22FNO4/c1-4-10-27-14-7-8-17-15(12-14)19(20(23-17)21(24)26-5-2)13-6-9-18(25-3)16(22)11-13/h6-9,11-12,23H,4-5,10H2,1-3H3. The average Bonchev–Trinajstić information content (AvgIpc) is 3.05. The first kappa shape index (κ1) is 18.8. The molecule has 1 N–H and O–H groups in total. The number of carbonyl (C=O) groups excluding carboxylic acids is 1. The van der Waals surface area contributed by atoms with Crippen LogP contribution in [0.3, 0.4) is 0 Å². The van der Waals surface area contributed by atoms with Crippen LogP contribution in [-0.2, 0) is 4.74 Å². The van der Waals surface area contributed by atoms with Crippen LogP contribution in [0.2, 0.25) is 0 Å². The summed E-state index contributed by atoms with van der Waals surface area (Å²) in [6, 6.07) is 10.1. The highest BCUT2D eigenvalue weighted by Gasteiger charge is 2.21. The zero-order chi connectivity index (χ0) is 19.4. The Morgan fingerprint density at radius 1 is 1.15 bits per heavy atom. The molecule has 142 valence electrons. The number of esters is 1. The average molecular weight is 371 g/mol. The number of benzene rings is 2. The molecule has 0 spiro atoms. The van der Waals surface area contributed by atoms with Crippen molar-refractivity contribution in [2.75, 3.05) is 20.3 Å². The molecule has 5 nitrogen and oxygen atoms in total. The van der Waals surface area contributed by atoms with Crippen LogP contribution in [0.25, 0.3) is 22.0 Å². The molecule has 3 rings (SSSR count). The van der Waals surface area contributed by atoms with Crippen molar-refractivity contribution in [1.82, 2.24) is 4.98 Å². The SMILES string of the molecule is CCCOc1ccc2[nH]c(C(=O)OCC)c(-c3ccc(OC)c(F)c3)c2c1. The van der Waals surface area contributed by atoms with Gasteiger partial charge in [0.15, 0.2) is 11.6 Å². The third-order valence-electron chi connectivity index (χ3n) is 4.16. The normalized spacial score (nSPS) is 10.8. The van der Waals surface area contributed by atoms with Crippen LogP contribution in [0, 0.1) is 5.82 Å². The third kappa shape index (κ3) is 3.74. The summed E-state index contributed by atoms with van der Waals surface area (Å²) in [6.07, 6.45) is 0.885. The molecule has 0 bridgehead atoms. The van der Waals surface area contributed by atoms with E-state index in [1.165, 1.54) is 19.2 Å². The molecule has 1 heterocycles. The van der Waals surface area contributed by atoms with E-state index in [1.807, 2.05) is 25.1 Å². The van der Waals surface area contributed by atoms with Gasteiger partial charge in [-0.15, -0.1) is 0 Å². The molecular weight excluding hydrogens is 349 g/mol. The van der Waals surface area contributed by atoms with Gasteiger partial charge in [0.25, 0.3) is 0 Å². The number of rotatable bonds is 7. The molecule has 3 aromatic rings. The summed E-state index contributed by atoms with van der Waals surface area (Å²) in [4.78, 5) is 15.6. The van der Waals surface area contributed by atoms with Crippen molar-refractivity contribution in [3.63, 3.8) is 0 Å². The van der Waals surface area contributed by atoms with Crippen LogP contribution < -0.4 is 9.47 Å². The van der Waals surface area contributed by atoms with Crippen LogP contribution in [0.15, 0.2) is 36.4 Å². The largest absolute Gasteiger partial charge is 0.494 e. The van der Waals surface area contributed by atoms with Crippen molar-refractivity contribution in [3.05, 3.63) is 47.9 Å². The number of aromatic nitrogens is 1. The fourth-order valence-electron chi connectivity index (χ4n) is 2.96. The summed E-state index contributed by atoms with van der Waals surface area (Å²) in [5.74, 6) is -0.161. The molecule has 0 saturated heterocycles. The first-order valence-corrected chi connectivity index (χ1v) is 8.88. The molecule has 2 aromatic carbocycles. The van der Waals surface area contributed by atoms with Crippen molar-refractivity contribution < 1.29 is 23.4 Å². The maximum Gasteiger partial charge on any atom is 0.355 e. The lowest BCUT2D eigenvalue weighted by Crippen LogP contribution is -2.06. The van der Waals surface area contributed by atoms with Crippen LogP contribution in [-0.4, -0.2) is 31.3 Å². The van der Waals surface area contributed by atoms with E-state index in [4.69, 9.17) is 14.2 Å². The first-order chi connectivity index (χ1) is 13.1. The molecule has 0 radical (unpaired) electrons. The van der Waals surface area contributed by atoms with Gasteiger partial charge < -0.3 is 19.2 Å². The molecule has 0 amide bonds. The van der Waals surface area contributed by atoms with Gasteiger partial charge in [-0.05, 0) is 49.2 Å². The summed E-state index contributed by atoms with van der Waals surface area (Å²) in [7, 11) is 1.41. The third-order valence-corrected chi connectivity index (χ3v) is 4.16. The second kappa shape index (κ2) is 8.12. The molecule has 0 aliphatic carbocycles. The summed E-state index contributed by atoms with van der Waals surface area (Å²) < 4.78 is 30.2. The Bertz CT molecular complexity index is 964. The highest BCUT2D eigenvalue weighted by atomic mass is 19.1. The number of methoxy groups -OCH3 is 1. The zero-order valence-electron chi connectivity index (χ0n) is 15.6. The minimum absolute atomic E-state index is 0.142. The number of carbonyl (C=O) groups is 1. The number of hydrogen-bond donors (Lipinski definition) is 1. The van der Waals surface area contributed by atoms with Crippen LogP contribution >= 0.6 is 0 Å². The van der Waals surface area contributed by atoms with Crippen LogP contribution in [0.4, 0.5) is 4.39 Å². The maximum atomic E-state index is 14.3. The quantitative estimate of drug-likeness (QED) is 0.597. The molecule has 0 atom stereocenters. The molecule has 27 heavy (non-hydrogen) atoms. The number of aromatic amines is 1. The number of H-pyrrole nitrogens is 1. The summed E-state index contributed by atoms with van der Waals surface area (Å²) >= 11 is 0. The summed E-state index contributed by atoms with van der Waals surface area (Å²) in [5.41, 5.74) is 2.15. The van der Waals surface area contributed by atoms with Crippen LogP contribution in [0.5, 0.6) is 11.5 Å². The van der Waals surface area contributed by atoms with E-state index < -0.39 is 11.8 Å². The highest BCUT2D eigenvalue weighted by molar-refractivity contribution is 6.08. The Balaban J connectivity index is 2.20. The molecule has 0 aliphatic heterocycles. The number of nitrogens with one attached hydrogen (secondary N) is 1. The smallest absolute Gasteiger partial charge is 0.355 e. The van der Waals surface area contributed by atoms with E-state index in [-0.39, 0.29) is 18.1 Å².